The Morgan fingerprint density at radius 2 is 1.62 bits per heavy atom. The molecule has 1 aliphatic heterocycles. The molecule has 0 spiro atoms. The highest BCUT2D eigenvalue weighted by Gasteiger charge is 2.28. The summed E-state index contributed by atoms with van der Waals surface area (Å²) in [4.78, 5) is 26.8. The molecule has 0 atom stereocenters. The fourth-order valence-corrected chi connectivity index (χ4v) is 2.17. The number of hydrogen-bond acceptors (Lipinski definition) is 2. The molecule has 5 heteroatoms. The lowest BCUT2D eigenvalue weighted by atomic mass is 10.2. The number of carbonyl (C=O) groups excluding carboxylic acids is 2. The summed E-state index contributed by atoms with van der Waals surface area (Å²) in [5, 5.41) is 0.949. The Kier molecular flexibility index (Phi) is 5.80. The summed E-state index contributed by atoms with van der Waals surface area (Å²) in [5.41, 5.74) is 0. The molecule has 0 bridgehead atoms. The van der Waals surface area contributed by atoms with E-state index in [-0.39, 0.29) is 24.9 Å². The normalized spacial score (nSPS) is 17.1. The van der Waals surface area contributed by atoms with Gasteiger partial charge >= 0.3 is 0 Å². The highest BCUT2D eigenvalue weighted by molar-refractivity contribution is 9.09. The van der Waals surface area contributed by atoms with Gasteiger partial charge in [-0.2, -0.15) is 0 Å². The van der Waals surface area contributed by atoms with Crippen molar-refractivity contribution in [3.05, 3.63) is 0 Å². The quantitative estimate of drug-likeness (QED) is 0.546. The third-order valence-corrected chi connectivity index (χ3v) is 3.22. The van der Waals surface area contributed by atoms with Crippen LogP contribution in [0.5, 0.6) is 0 Å². The fourth-order valence-electron chi connectivity index (χ4n) is 1.78. The van der Waals surface area contributed by atoms with Crippen LogP contribution in [0.3, 0.4) is 0 Å². The van der Waals surface area contributed by atoms with Crippen LogP contribution in [0.1, 0.15) is 26.2 Å². The second-order valence-electron chi connectivity index (χ2n) is 4.03. The van der Waals surface area contributed by atoms with E-state index in [0.29, 0.717) is 13.1 Å². The van der Waals surface area contributed by atoms with E-state index in [1.807, 2.05) is 6.92 Å². The number of nitrogens with zero attached hydrogens (tertiary/aromatic N) is 2. The van der Waals surface area contributed by atoms with Gasteiger partial charge in [0.05, 0.1) is 13.1 Å². The maximum absolute atomic E-state index is 11.7. The van der Waals surface area contributed by atoms with E-state index in [9.17, 15) is 9.59 Å². The van der Waals surface area contributed by atoms with E-state index in [2.05, 4.69) is 15.9 Å². The van der Waals surface area contributed by atoms with E-state index < -0.39 is 0 Å². The van der Waals surface area contributed by atoms with Crippen LogP contribution in [0.15, 0.2) is 0 Å². The minimum atomic E-state index is 0.0836. The van der Waals surface area contributed by atoms with Crippen molar-refractivity contribution in [2.24, 2.45) is 0 Å². The van der Waals surface area contributed by atoms with Crippen molar-refractivity contribution in [1.82, 2.24) is 9.80 Å². The molecule has 2 amide bonds. The van der Waals surface area contributed by atoms with Crippen LogP contribution in [0.25, 0.3) is 0 Å². The number of hydrogen-bond donors (Lipinski definition) is 0. The van der Waals surface area contributed by atoms with E-state index in [0.717, 1.165) is 24.6 Å². The largest absolute Gasteiger partial charge is 0.332 e. The summed E-state index contributed by atoms with van der Waals surface area (Å²) < 4.78 is 0. The molecule has 0 aromatic carbocycles. The smallest absolute Gasteiger partial charge is 0.242 e. The maximum Gasteiger partial charge on any atom is 0.242 e. The lowest BCUT2D eigenvalue weighted by Crippen LogP contribution is -2.54. The van der Waals surface area contributed by atoms with E-state index in [1.54, 1.807) is 9.80 Å². The summed E-state index contributed by atoms with van der Waals surface area (Å²) in [7, 11) is 0. The monoisotopic (exact) mass is 290 g/mol. The number of rotatable bonds is 6. The molecule has 0 N–H and O–H groups in total. The van der Waals surface area contributed by atoms with Crippen LogP contribution < -0.4 is 0 Å². The fraction of sp³-hybridized carbons (Fsp3) is 0.818. The average Bonchev–Trinajstić information content (AvgIpc) is 2.25. The summed E-state index contributed by atoms with van der Waals surface area (Å²) >= 11 is 3.35. The first-order valence-electron chi connectivity index (χ1n) is 5.80. The molecule has 1 rings (SSSR count). The summed E-state index contributed by atoms with van der Waals surface area (Å²) in [5.74, 6) is 0.169. The topological polar surface area (TPSA) is 40.6 Å². The average molecular weight is 291 g/mol. The number of halogens is 1. The van der Waals surface area contributed by atoms with Crippen LogP contribution in [-0.4, -0.2) is 53.1 Å². The van der Waals surface area contributed by atoms with E-state index in [4.69, 9.17) is 0 Å². The molecule has 4 nitrogen and oxygen atoms in total. The Bertz CT molecular complexity index is 258. The van der Waals surface area contributed by atoms with Gasteiger partial charge in [-0.3, -0.25) is 9.59 Å². The molecule has 1 aliphatic rings. The third-order valence-electron chi connectivity index (χ3n) is 2.66. The van der Waals surface area contributed by atoms with Gasteiger partial charge < -0.3 is 9.80 Å². The molecule has 16 heavy (non-hydrogen) atoms. The molecule has 0 saturated carbocycles. The first-order chi connectivity index (χ1) is 7.69. The molecule has 92 valence electrons. The Morgan fingerprint density at radius 1 is 1.06 bits per heavy atom. The van der Waals surface area contributed by atoms with Crippen LogP contribution >= 0.6 is 15.9 Å². The van der Waals surface area contributed by atoms with Gasteiger partial charge in [-0.25, -0.2) is 0 Å². The lowest BCUT2D eigenvalue weighted by molar-refractivity contribution is -0.150. The molecular formula is C11H19BrN2O2. The Morgan fingerprint density at radius 3 is 2.12 bits per heavy atom. The minimum absolute atomic E-state index is 0.0836. The molecule has 1 fully saturated rings. The number of amides is 2. The van der Waals surface area contributed by atoms with Gasteiger partial charge in [0, 0.05) is 18.4 Å². The van der Waals surface area contributed by atoms with Crippen LogP contribution in [0.2, 0.25) is 0 Å². The molecule has 0 unspecified atom stereocenters. The zero-order valence-corrected chi connectivity index (χ0v) is 11.3. The Labute approximate surface area is 105 Å². The second-order valence-corrected chi connectivity index (χ2v) is 4.82. The number of carbonyl (C=O) groups is 2. The molecule has 0 aliphatic carbocycles. The van der Waals surface area contributed by atoms with Gasteiger partial charge in [0.25, 0.3) is 0 Å². The molecule has 0 aromatic rings. The highest BCUT2D eigenvalue weighted by atomic mass is 79.9. The van der Waals surface area contributed by atoms with Gasteiger partial charge in [0.15, 0.2) is 0 Å². The van der Waals surface area contributed by atoms with E-state index >= 15 is 0 Å². The third kappa shape index (κ3) is 3.77. The Hall–Kier alpha value is -0.580. The SMILES string of the molecule is CCCN1CC(=O)N(CCCCBr)CC1=O. The van der Waals surface area contributed by atoms with Gasteiger partial charge in [0.2, 0.25) is 11.8 Å². The van der Waals surface area contributed by atoms with Crippen molar-refractivity contribution < 1.29 is 9.59 Å². The van der Waals surface area contributed by atoms with E-state index in [1.165, 1.54) is 0 Å². The zero-order chi connectivity index (χ0) is 12.0. The van der Waals surface area contributed by atoms with Crippen LogP contribution in [0, 0.1) is 0 Å². The minimum Gasteiger partial charge on any atom is -0.332 e. The predicted octanol–water partition coefficient (Wildman–Crippen LogP) is 1.24. The molecule has 0 aromatic heterocycles. The molecular weight excluding hydrogens is 272 g/mol. The van der Waals surface area contributed by atoms with Crippen molar-refractivity contribution in [3.63, 3.8) is 0 Å². The summed E-state index contributed by atoms with van der Waals surface area (Å²) in [6.45, 7) is 3.94. The number of alkyl halides is 1. The standard InChI is InChI=1S/C11H19BrN2O2/c1-2-6-13-8-11(16)14(9-10(13)15)7-4-3-5-12/h2-9H2,1H3. The van der Waals surface area contributed by atoms with Crippen molar-refractivity contribution in [2.45, 2.75) is 26.2 Å². The second kappa shape index (κ2) is 6.89. The molecule has 0 radical (unpaired) electrons. The number of piperazine rings is 1. The Balaban J connectivity index is 2.40. The van der Waals surface area contributed by atoms with Gasteiger partial charge in [-0.05, 0) is 19.3 Å². The summed E-state index contributed by atoms with van der Waals surface area (Å²) in [6, 6.07) is 0. The summed E-state index contributed by atoms with van der Waals surface area (Å²) in [6.07, 6.45) is 2.90. The molecule has 1 heterocycles. The highest BCUT2D eigenvalue weighted by Crippen LogP contribution is 2.07. The zero-order valence-electron chi connectivity index (χ0n) is 9.75. The van der Waals surface area contributed by atoms with Gasteiger partial charge in [0.1, 0.15) is 0 Å². The lowest BCUT2D eigenvalue weighted by Gasteiger charge is -2.33. The van der Waals surface area contributed by atoms with Crippen LogP contribution in [-0.2, 0) is 9.59 Å². The van der Waals surface area contributed by atoms with Crippen molar-refractivity contribution in [1.29, 1.82) is 0 Å². The maximum atomic E-state index is 11.7. The van der Waals surface area contributed by atoms with Crippen molar-refractivity contribution >= 4 is 27.7 Å². The van der Waals surface area contributed by atoms with Gasteiger partial charge in [-0.15, -0.1) is 0 Å². The molecule has 1 saturated heterocycles. The van der Waals surface area contributed by atoms with Gasteiger partial charge in [-0.1, -0.05) is 22.9 Å². The van der Waals surface area contributed by atoms with Crippen molar-refractivity contribution in [3.8, 4) is 0 Å². The predicted molar refractivity (Wildman–Crippen MR) is 66.5 cm³/mol. The first kappa shape index (κ1) is 13.5. The van der Waals surface area contributed by atoms with Crippen molar-refractivity contribution in [2.75, 3.05) is 31.5 Å². The van der Waals surface area contributed by atoms with Crippen LogP contribution in [0.4, 0.5) is 0 Å². The number of unbranched alkanes of at least 4 members (excludes halogenated alkanes) is 1. The first-order valence-corrected chi connectivity index (χ1v) is 6.92.